The molecule has 0 radical (unpaired) electrons. The zero-order valence-electron chi connectivity index (χ0n) is 12.0. The molecule has 0 amide bonds. The highest BCUT2D eigenvalue weighted by Crippen LogP contribution is 2.30. The summed E-state index contributed by atoms with van der Waals surface area (Å²) in [4.78, 5) is 0. The SMILES string of the molecule is CCn1ccc(NC2CCCC(CC(C)C)C2)n1. The van der Waals surface area contributed by atoms with Gasteiger partial charge in [-0.3, -0.25) is 4.68 Å². The Labute approximate surface area is 111 Å². The Bertz CT molecular complexity index is 356. The summed E-state index contributed by atoms with van der Waals surface area (Å²) in [5.41, 5.74) is 0. The lowest BCUT2D eigenvalue weighted by Gasteiger charge is -2.30. The molecule has 1 heterocycles. The van der Waals surface area contributed by atoms with Gasteiger partial charge in [0.2, 0.25) is 0 Å². The van der Waals surface area contributed by atoms with Crippen LogP contribution in [-0.2, 0) is 6.54 Å². The monoisotopic (exact) mass is 249 g/mol. The summed E-state index contributed by atoms with van der Waals surface area (Å²) in [6, 6.07) is 2.72. The van der Waals surface area contributed by atoms with Gasteiger partial charge in [-0.25, -0.2) is 0 Å². The summed E-state index contributed by atoms with van der Waals surface area (Å²) >= 11 is 0. The van der Waals surface area contributed by atoms with E-state index in [9.17, 15) is 0 Å². The van der Waals surface area contributed by atoms with E-state index in [2.05, 4.69) is 43.4 Å². The summed E-state index contributed by atoms with van der Waals surface area (Å²) < 4.78 is 1.98. The molecule has 0 aliphatic heterocycles. The van der Waals surface area contributed by atoms with Crippen LogP contribution in [0.5, 0.6) is 0 Å². The highest BCUT2D eigenvalue weighted by Gasteiger charge is 2.22. The van der Waals surface area contributed by atoms with Crippen LogP contribution in [0.4, 0.5) is 5.82 Å². The zero-order valence-corrected chi connectivity index (χ0v) is 12.0. The van der Waals surface area contributed by atoms with Crippen molar-refractivity contribution < 1.29 is 0 Å². The maximum atomic E-state index is 4.51. The lowest BCUT2D eigenvalue weighted by Crippen LogP contribution is -2.28. The van der Waals surface area contributed by atoms with Gasteiger partial charge in [-0.05, 0) is 38.0 Å². The average Bonchev–Trinajstić information content (AvgIpc) is 2.76. The molecular formula is C15H27N3. The number of rotatable bonds is 5. The van der Waals surface area contributed by atoms with Crippen molar-refractivity contribution >= 4 is 5.82 Å². The Balaban J connectivity index is 1.85. The molecule has 3 nitrogen and oxygen atoms in total. The number of hydrogen-bond donors (Lipinski definition) is 1. The second-order valence-electron chi connectivity index (χ2n) is 6.06. The molecule has 2 atom stereocenters. The van der Waals surface area contributed by atoms with Gasteiger partial charge < -0.3 is 5.32 Å². The summed E-state index contributed by atoms with van der Waals surface area (Å²) in [7, 11) is 0. The number of nitrogens with one attached hydrogen (secondary N) is 1. The van der Waals surface area contributed by atoms with Gasteiger partial charge in [0.05, 0.1) is 0 Å². The third kappa shape index (κ3) is 3.76. The minimum absolute atomic E-state index is 0.628. The van der Waals surface area contributed by atoms with Crippen LogP contribution in [-0.4, -0.2) is 15.8 Å². The van der Waals surface area contributed by atoms with Crippen molar-refractivity contribution in [2.24, 2.45) is 11.8 Å². The minimum Gasteiger partial charge on any atom is -0.366 e. The maximum Gasteiger partial charge on any atom is 0.148 e. The predicted molar refractivity (Wildman–Crippen MR) is 76.7 cm³/mol. The second kappa shape index (κ2) is 6.26. The Kier molecular flexibility index (Phi) is 4.67. The molecule has 1 aromatic rings. The van der Waals surface area contributed by atoms with Gasteiger partial charge in [0.15, 0.2) is 0 Å². The van der Waals surface area contributed by atoms with E-state index in [1.165, 1.54) is 32.1 Å². The average molecular weight is 249 g/mol. The van der Waals surface area contributed by atoms with Crippen molar-refractivity contribution in [3.05, 3.63) is 12.3 Å². The van der Waals surface area contributed by atoms with Gasteiger partial charge in [-0.2, -0.15) is 5.10 Å². The molecule has 18 heavy (non-hydrogen) atoms. The summed E-state index contributed by atoms with van der Waals surface area (Å²) in [5.74, 6) is 2.78. The Morgan fingerprint density at radius 3 is 2.94 bits per heavy atom. The van der Waals surface area contributed by atoms with Gasteiger partial charge in [0, 0.05) is 24.8 Å². The molecule has 1 aliphatic carbocycles. The highest BCUT2D eigenvalue weighted by atomic mass is 15.3. The molecule has 3 heteroatoms. The van der Waals surface area contributed by atoms with Crippen LogP contribution in [0.2, 0.25) is 0 Å². The first-order valence-corrected chi connectivity index (χ1v) is 7.47. The molecule has 1 aliphatic rings. The van der Waals surface area contributed by atoms with E-state index in [4.69, 9.17) is 0 Å². The van der Waals surface area contributed by atoms with Crippen LogP contribution in [0.25, 0.3) is 0 Å². The lowest BCUT2D eigenvalue weighted by atomic mass is 9.81. The predicted octanol–water partition coefficient (Wildman–Crippen LogP) is 3.92. The molecule has 0 bridgehead atoms. The van der Waals surface area contributed by atoms with Crippen LogP contribution in [0.3, 0.4) is 0 Å². The van der Waals surface area contributed by atoms with Gasteiger partial charge >= 0.3 is 0 Å². The molecule has 2 rings (SSSR count). The number of anilines is 1. The molecule has 1 N–H and O–H groups in total. The van der Waals surface area contributed by atoms with Crippen LogP contribution in [0, 0.1) is 11.8 Å². The van der Waals surface area contributed by atoms with Crippen molar-refractivity contribution in [3.8, 4) is 0 Å². The van der Waals surface area contributed by atoms with E-state index >= 15 is 0 Å². The van der Waals surface area contributed by atoms with Gasteiger partial charge in [0.25, 0.3) is 0 Å². The van der Waals surface area contributed by atoms with Crippen molar-refractivity contribution in [2.75, 3.05) is 5.32 Å². The lowest BCUT2D eigenvalue weighted by molar-refractivity contribution is 0.288. The maximum absolute atomic E-state index is 4.51. The van der Waals surface area contributed by atoms with Crippen molar-refractivity contribution in [1.29, 1.82) is 0 Å². The van der Waals surface area contributed by atoms with Crippen LogP contribution in [0.1, 0.15) is 52.9 Å². The molecule has 1 aromatic heterocycles. The normalized spacial score (nSPS) is 24.4. The first-order valence-electron chi connectivity index (χ1n) is 7.47. The summed E-state index contributed by atoms with van der Waals surface area (Å²) in [6.07, 6.45) is 8.83. The molecule has 1 fully saturated rings. The third-order valence-electron chi connectivity index (χ3n) is 3.90. The largest absolute Gasteiger partial charge is 0.366 e. The summed E-state index contributed by atoms with van der Waals surface area (Å²) in [5, 5.41) is 8.12. The van der Waals surface area contributed by atoms with Crippen molar-refractivity contribution in [2.45, 2.75) is 65.5 Å². The van der Waals surface area contributed by atoms with Crippen molar-refractivity contribution in [3.63, 3.8) is 0 Å². The molecule has 2 unspecified atom stereocenters. The van der Waals surface area contributed by atoms with E-state index in [-0.39, 0.29) is 0 Å². The Morgan fingerprint density at radius 1 is 1.44 bits per heavy atom. The molecule has 0 aromatic carbocycles. The Morgan fingerprint density at radius 2 is 2.28 bits per heavy atom. The number of nitrogens with zero attached hydrogens (tertiary/aromatic N) is 2. The standard InChI is InChI=1S/C15H27N3/c1-4-18-9-8-15(17-18)16-14-7-5-6-13(11-14)10-12(2)3/h8-9,12-14H,4-7,10-11H2,1-3H3,(H,16,17). The number of aryl methyl sites for hydroxylation is 1. The van der Waals surface area contributed by atoms with E-state index in [0.717, 1.165) is 24.2 Å². The van der Waals surface area contributed by atoms with Crippen LogP contribution >= 0.6 is 0 Å². The smallest absolute Gasteiger partial charge is 0.148 e. The topological polar surface area (TPSA) is 29.9 Å². The Hall–Kier alpha value is -0.990. The fourth-order valence-corrected chi connectivity index (χ4v) is 3.13. The highest BCUT2D eigenvalue weighted by molar-refractivity contribution is 5.33. The van der Waals surface area contributed by atoms with E-state index in [0.29, 0.717) is 6.04 Å². The van der Waals surface area contributed by atoms with Gasteiger partial charge in [0.1, 0.15) is 5.82 Å². The second-order valence-corrected chi connectivity index (χ2v) is 6.06. The third-order valence-corrected chi connectivity index (χ3v) is 3.90. The zero-order chi connectivity index (χ0) is 13.0. The molecular weight excluding hydrogens is 222 g/mol. The summed E-state index contributed by atoms with van der Waals surface area (Å²) in [6.45, 7) is 7.73. The molecule has 0 saturated heterocycles. The van der Waals surface area contributed by atoms with E-state index < -0.39 is 0 Å². The van der Waals surface area contributed by atoms with Gasteiger partial charge in [-0.1, -0.05) is 26.7 Å². The van der Waals surface area contributed by atoms with Crippen LogP contribution in [0.15, 0.2) is 12.3 Å². The fourth-order valence-electron chi connectivity index (χ4n) is 3.13. The van der Waals surface area contributed by atoms with Crippen molar-refractivity contribution in [1.82, 2.24) is 9.78 Å². The quantitative estimate of drug-likeness (QED) is 0.857. The first-order chi connectivity index (χ1) is 8.67. The molecule has 102 valence electrons. The van der Waals surface area contributed by atoms with Gasteiger partial charge in [-0.15, -0.1) is 0 Å². The van der Waals surface area contributed by atoms with E-state index in [1.54, 1.807) is 0 Å². The minimum atomic E-state index is 0.628. The van der Waals surface area contributed by atoms with Crippen LogP contribution < -0.4 is 5.32 Å². The number of hydrogen-bond acceptors (Lipinski definition) is 2. The fraction of sp³-hybridized carbons (Fsp3) is 0.800. The van der Waals surface area contributed by atoms with E-state index in [1.807, 2.05) is 4.68 Å². The molecule has 0 spiro atoms. The first kappa shape index (κ1) is 13.4. The number of aromatic nitrogens is 2. The molecule has 1 saturated carbocycles.